The molecule has 10 heavy (non-hydrogen) atoms. The Morgan fingerprint density at radius 3 is 2.60 bits per heavy atom. The zero-order chi connectivity index (χ0) is 7.82. The van der Waals surface area contributed by atoms with E-state index < -0.39 is 0 Å². The topological polar surface area (TPSA) is 15.3 Å². The van der Waals surface area contributed by atoms with Crippen LogP contribution >= 0.6 is 11.8 Å². The summed E-state index contributed by atoms with van der Waals surface area (Å²) in [7, 11) is 2.11. The molecule has 0 fully saturated rings. The van der Waals surface area contributed by atoms with Crippen molar-refractivity contribution in [3.05, 3.63) is 0 Å². The van der Waals surface area contributed by atoms with Crippen LogP contribution in [0.5, 0.6) is 0 Å². The van der Waals surface area contributed by atoms with Crippen molar-refractivity contribution in [2.24, 2.45) is 0 Å². The van der Waals surface area contributed by atoms with E-state index in [-0.39, 0.29) is 0 Å². The van der Waals surface area contributed by atoms with Crippen LogP contribution in [0.1, 0.15) is 19.8 Å². The highest BCUT2D eigenvalue weighted by molar-refractivity contribution is 6.13. The Morgan fingerprint density at radius 1 is 1.40 bits per heavy atom. The van der Waals surface area contributed by atoms with Crippen molar-refractivity contribution in [3.8, 4) is 0 Å². The third-order valence-corrected chi connectivity index (χ3v) is 1.67. The molecule has 0 heterocycles. The molecule has 3 heteroatoms. The van der Waals surface area contributed by atoms with E-state index in [2.05, 4.69) is 23.7 Å². The first kappa shape index (κ1) is 10.2. The molecule has 0 radical (unpaired) electrons. The second-order valence-corrected chi connectivity index (χ2v) is 2.81. The lowest BCUT2D eigenvalue weighted by atomic mass is 10.3. The van der Waals surface area contributed by atoms with Crippen molar-refractivity contribution >= 4 is 11.8 Å². The van der Waals surface area contributed by atoms with Gasteiger partial charge in [0, 0.05) is 13.1 Å². The van der Waals surface area contributed by atoms with Gasteiger partial charge in [-0.1, -0.05) is 13.3 Å². The second-order valence-electron chi connectivity index (χ2n) is 2.54. The average molecular weight is 165 g/mol. The summed E-state index contributed by atoms with van der Waals surface area (Å²) < 4.78 is 0. The summed E-state index contributed by atoms with van der Waals surface area (Å²) in [4.78, 5) is 4.88. The van der Waals surface area contributed by atoms with Crippen molar-refractivity contribution in [3.63, 3.8) is 0 Å². The summed E-state index contributed by atoms with van der Waals surface area (Å²) in [5.74, 6) is 0. The SMILES string of the molecule is CCCCN(C)CCNCl. The molecule has 0 aliphatic carbocycles. The zero-order valence-electron chi connectivity index (χ0n) is 6.86. The Morgan fingerprint density at radius 2 is 2.10 bits per heavy atom. The first-order valence-electron chi connectivity index (χ1n) is 3.83. The monoisotopic (exact) mass is 164 g/mol. The normalized spacial score (nSPS) is 10.8. The van der Waals surface area contributed by atoms with Crippen molar-refractivity contribution in [1.82, 2.24) is 9.74 Å². The predicted octanol–water partition coefficient (Wildman–Crippen LogP) is 1.46. The molecule has 0 spiro atoms. The van der Waals surface area contributed by atoms with E-state index in [0.29, 0.717) is 0 Å². The van der Waals surface area contributed by atoms with Crippen molar-refractivity contribution in [2.45, 2.75) is 19.8 Å². The molecule has 0 aromatic carbocycles. The van der Waals surface area contributed by atoms with Gasteiger partial charge >= 0.3 is 0 Å². The molecule has 2 nitrogen and oxygen atoms in total. The van der Waals surface area contributed by atoms with Crippen LogP contribution in [0.25, 0.3) is 0 Å². The van der Waals surface area contributed by atoms with Crippen LogP contribution in [0.4, 0.5) is 0 Å². The van der Waals surface area contributed by atoms with Crippen LogP contribution in [0.15, 0.2) is 0 Å². The van der Waals surface area contributed by atoms with E-state index in [4.69, 9.17) is 11.8 Å². The maximum Gasteiger partial charge on any atom is 0.0235 e. The van der Waals surface area contributed by atoms with Gasteiger partial charge in [-0.25, -0.2) is 4.84 Å². The van der Waals surface area contributed by atoms with Gasteiger partial charge < -0.3 is 4.90 Å². The largest absolute Gasteiger partial charge is 0.305 e. The Hall–Kier alpha value is 0.210. The average Bonchev–Trinajstić information content (AvgIpc) is 1.97. The van der Waals surface area contributed by atoms with E-state index in [9.17, 15) is 0 Å². The van der Waals surface area contributed by atoms with Crippen molar-refractivity contribution < 1.29 is 0 Å². The van der Waals surface area contributed by atoms with Crippen LogP contribution in [-0.4, -0.2) is 31.6 Å². The Kier molecular flexibility index (Phi) is 7.47. The first-order chi connectivity index (χ1) is 4.81. The molecule has 0 aromatic rings. The number of hydrogen-bond acceptors (Lipinski definition) is 2. The number of halogens is 1. The Labute approximate surface area is 68.7 Å². The van der Waals surface area contributed by atoms with Crippen molar-refractivity contribution in [1.29, 1.82) is 0 Å². The lowest BCUT2D eigenvalue weighted by Gasteiger charge is -2.14. The van der Waals surface area contributed by atoms with Gasteiger partial charge in [0.15, 0.2) is 0 Å². The molecule has 0 unspecified atom stereocenters. The molecule has 0 rings (SSSR count). The molecule has 62 valence electrons. The molecule has 0 saturated carbocycles. The Bertz CT molecular complexity index is 60.6. The third kappa shape index (κ3) is 6.33. The second kappa shape index (κ2) is 7.32. The van der Waals surface area contributed by atoms with Crippen LogP contribution < -0.4 is 4.84 Å². The predicted molar refractivity (Wildman–Crippen MR) is 46.3 cm³/mol. The van der Waals surface area contributed by atoms with Crippen LogP contribution in [0, 0.1) is 0 Å². The quantitative estimate of drug-likeness (QED) is 0.599. The fourth-order valence-electron chi connectivity index (χ4n) is 0.773. The molecule has 0 atom stereocenters. The minimum Gasteiger partial charge on any atom is -0.305 e. The summed E-state index contributed by atoms with van der Waals surface area (Å²) in [6, 6.07) is 0. The number of nitrogens with one attached hydrogen (secondary N) is 1. The summed E-state index contributed by atoms with van der Waals surface area (Å²) in [5.41, 5.74) is 0. The van der Waals surface area contributed by atoms with Crippen molar-refractivity contribution in [2.75, 3.05) is 26.7 Å². The van der Waals surface area contributed by atoms with Gasteiger partial charge in [0.05, 0.1) is 0 Å². The minimum atomic E-state index is 0.863. The van der Waals surface area contributed by atoms with Gasteiger partial charge in [-0.2, -0.15) is 0 Å². The standard InChI is InChI=1S/C7H17ClN2/c1-3-4-6-10(2)7-5-9-8/h9H,3-7H2,1-2H3. The molecule has 0 aliphatic heterocycles. The van der Waals surface area contributed by atoms with Gasteiger partial charge in [0.25, 0.3) is 0 Å². The lowest BCUT2D eigenvalue weighted by Crippen LogP contribution is -2.26. The summed E-state index contributed by atoms with van der Waals surface area (Å²) >= 11 is 5.30. The summed E-state index contributed by atoms with van der Waals surface area (Å²) in [6.45, 7) is 5.27. The maximum absolute atomic E-state index is 5.30. The van der Waals surface area contributed by atoms with E-state index in [1.54, 1.807) is 0 Å². The minimum absolute atomic E-state index is 0.863. The van der Waals surface area contributed by atoms with Crippen LogP contribution in [0.3, 0.4) is 0 Å². The molecule has 0 saturated heterocycles. The maximum atomic E-state index is 5.30. The van der Waals surface area contributed by atoms with Gasteiger partial charge in [0.2, 0.25) is 0 Å². The fourth-order valence-corrected chi connectivity index (χ4v) is 0.857. The third-order valence-electron chi connectivity index (χ3n) is 1.48. The van der Waals surface area contributed by atoms with Crippen LogP contribution in [-0.2, 0) is 0 Å². The number of likely N-dealkylation sites (N-methyl/N-ethyl adjacent to an activating group) is 1. The number of nitrogens with zero attached hydrogens (tertiary/aromatic N) is 1. The van der Waals surface area contributed by atoms with Gasteiger partial charge in [0.1, 0.15) is 0 Å². The highest BCUT2D eigenvalue weighted by atomic mass is 35.5. The van der Waals surface area contributed by atoms with E-state index >= 15 is 0 Å². The molecule has 0 aliphatic rings. The fraction of sp³-hybridized carbons (Fsp3) is 1.00. The van der Waals surface area contributed by atoms with Gasteiger partial charge in [-0.3, -0.25) is 0 Å². The molecular weight excluding hydrogens is 148 g/mol. The molecule has 0 aromatic heterocycles. The van der Waals surface area contributed by atoms with E-state index in [1.807, 2.05) is 0 Å². The smallest absolute Gasteiger partial charge is 0.0235 e. The van der Waals surface area contributed by atoms with Gasteiger partial charge in [-0.05, 0) is 31.8 Å². The molecule has 0 bridgehead atoms. The first-order valence-corrected chi connectivity index (χ1v) is 4.21. The molecule has 1 N–H and O–H groups in total. The van der Waals surface area contributed by atoms with E-state index in [0.717, 1.165) is 13.1 Å². The van der Waals surface area contributed by atoms with Gasteiger partial charge in [-0.15, -0.1) is 0 Å². The number of unbranched alkanes of at least 4 members (excludes halogenated alkanes) is 1. The summed E-state index contributed by atoms with van der Waals surface area (Å²) in [5, 5.41) is 0. The summed E-state index contributed by atoms with van der Waals surface area (Å²) in [6.07, 6.45) is 2.54. The Balaban J connectivity index is 3.00. The number of rotatable bonds is 6. The molecule has 0 amide bonds. The lowest BCUT2D eigenvalue weighted by molar-refractivity contribution is 0.333. The van der Waals surface area contributed by atoms with Crippen LogP contribution in [0.2, 0.25) is 0 Å². The zero-order valence-corrected chi connectivity index (χ0v) is 7.62. The number of hydrogen-bond donors (Lipinski definition) is 1. The highest BCUT2D eigenvalue weighted by Gasteiger charge is 1.94. The highest BCUT2D eigenvalue weighted by Crippen LogP contribution is 1.89. The molecular formula is C7H17ClN2. The van der Waals surface area contributed by atoms with E-state index in [1.165, 1.54) is 19.4 Å².